The third-order valence-electron chi connectivity index (χ3n) is 5.25. The molecule has 6 nitrogen and oxygen atoms in total. The summed E-state index contributed by atoms with van der Waals surface area (Å²) in [5.41, 5.74) is 14.4. The number of carbonyl (C=O) groups excluding carboxylic acids is 1. The summed E-state index contributed by atoms with van der Waals surface area (Å²) in [4.78, 5) is 17.0. The number of aryl methyl sites for hydroxylation is 3. The number of aromatic nitrogens is 2. The molecule has 0 radical (unpaired) electrons. The Kier molecular flexibility index (Phi) is 6.50. The molecule has 0 saturated carbocycles. The van der Waals surface area contributed by atoms with Crippen molar-refractivity contribution < 1.29 is 6.22 Å². The van der Waals surface area contributed by atoms with Gasteiger partial charge in [0.25, 0.3) is 5.91 Å². The molecule has 0 saturated heterocycles. The molecule has 30 heavy (non-hydrogen) atoms. The maximum absolute atomic E-state index is 12.0. The minimum atomic E-state index is -0.113. The first-order valence-corrected chi connectivity index (χ1v) is 9.76. The molecule has 1 aliphatic rings. The van der Waals surface area contributed by atoms with Crippen LogP contribution in [0.3, 0.4) is 0 Å². The van der Waals surface area contributed by atoms with Crippen molar-refractivity contribution in [1.29, 1.82) is 0 Å². The molecule has 0 atom stereocenters. The molecular weight excluding hydrogens is 489 g/mol. The van der Waals surface area contributed by atoms with Crippen LogP contribution in [0.1, 0.15) is 41.2 Å². The van der Waals surface area contributed by atoms with Crippen molar-refractivity contribution in [3.05, 3.63) is 76.8 Å². The summed E-state index contributed by atoms with van der Waals surface area (Å²) < 4.78 is 2.18. The van der Waals surface area contributed by atoms with Crippen molar-refractivity contribution in [3.63, 3.8) is 0 Å². The summed E-state index contributed by atoms with van der Waals surface area (Å²) in [7, 11) is 1.63. The van der Waals surface area contributed by atoms with Gasteiger partial charge in [-0.3, -0.25) is 4.79 Å². The fraction of sp³-hybridized carbons (Fsp3) is 0.217. The van der Waals surface area contributed by atoms with E-state index in [1.54, 1.807) is 7.05 Å². The molecule has 3 N–H and O–H groups in total. The number of imidazole rings is 1. The number of hydrazine groups is 1. The number of halogens is 1. The van der Waals surface area contributed by atoms with E-state index in [9.17, 15) is 4.79 Å². The molecule has 0 bridgehead atoms. The van der Waals surface area contributed by atoms with Gasteiger partial charge in [-0.05, 0) is 50.6 Å². The molecule has 1 aromatic heterocycles. The van der Waals surface area contributed by atoms with Gasteiger partial charge >= 0.3 is 0 Å². The molecule has 0 unspecified atom stereocenters. The predicted molar refractivity (Wildman–Crippen MR) is 134 cm³/mol. The molecule has 2 heterocycles. The number of carbonyl (C=O) groups is 1. The van der Waals surface area contributed by atoms with Gasteiger partial charge in [0.15, 0.2) is 0 Å². The SMILES string of the molecule is CCn1c(C2=C(c3ccc(C)cc3C)NNC=C2)nc2cc(C(=O)NC)ccc21.I.[HH]. The number of amides is 1. The Morgan fingerprint density at radius 2 is 2.00 bits per heavy atom. The standard InChI is InChI=1S/C23H25N5O.HI.H2/c1-5-28-20-9-7-16(23(29)24-4)13-19(20)26-22(28)18-10-11-25-27-21(18)17-8-6-14(2)12-15(17)3;;/h6-13,25,27H,5H2,1-4H3,(H,24,29);2*1H. The van der Waals surface area contributed by atoms with E-state index in [1.165, 1.54) is 11.1 Å². The highest BCUT2D eigenvalue weighted by atomic mass is 127. The van der Waals surface area contributed by atoms with Gasteiger partial charge in [-0.1, -0.05) is 23.8 Å². The van der Waals surface area contributed by atoms with Gasteiger partial charge in [0.05, 0.1) is 16.7 Å². The van der Waals surface area contributed by atoms with Gasteiger partial charge in [0.2, 0.25) is 0 Å². The molecular formula is C23H28IN5O. The van der Waals surface area contributed by atoms with Crippen molar-refractivity contribution in [3.8, 4) is 0 Å². The number of nitrogens with one attached hydrogen (secondary N) is 3. The zero-order valence-electron chi connectivity index (χ0n) is 17.5. The van der Waals surface area contributed by atoms with Crippen LogP contribution in [0, 0.1) is 13.8 Å². The Balaban J connectivity index is 0.00000171. The highest BCUT2D eigenvalue weighted by molar-refractivity contribution is 14.0. The first kappa shape index (κ1) is 21.9. The Morgan fingerprint density at radius 1 is 1.20 bits per heavy atom. The maximum atomic E-state index is 12.0. The van der Waals surface area contributed by atoms with Crippen LogP contribution in [0.15, 0.2) is 48.7 Å². The van der Waals surface area contributed by atoms with Crippen LogP contribution in [0.25, 0.3) is 22.3 Å². The zero-order chi connectivity index (χ0) is 20.5. The Morgan fingerprint density at radius 3 is 2.70 bits per heavy atom. The number of benzene rings is 2. The molecule has 0 fully saturated rings. The van der Waals surface area contributed by atoms with Crippen molar-refractivity contribution in [2.75, 3.05) is 7.05 Å². The average molecular weight is 517 g/mol. The molecule has 7 heteroatoms. The Hall–Kier alpha value is -2.81. The molecule has 158 valence electrons. The van der Waals surface area contributed by atoms with Gasteiger partial charge in [-0.25, -0.2) is 4.98 Å². The second kappa shape index (κ2) is 8.91. The summed E-state index contributed by atoms with van der Waals surface area (Å²) in [6.07, 6.45) is 3.91. The molecule has 4 rings (SSSR count). The lowest BCUT2D eigenvalue weighted by Crippen LogP contribution is -2.29. The van der Waals surface area contributed by atoms with E-state index in [0.717, 1.165) is 40.2 Å². The highest BCUT2D eigenvalue weighted by Crippen LogP contribution is 2.31. The van der Waals surface area contributed by atoms with Crippen molar-refractivity contribution in [2.24, 2.45) is 0 Å². The lowest BCUT2D eigenvalue weighted by atomic mass is 9.99. The normalized spacial score (nSPS) is 12.9. The number of hydrogen-bond donors (Lipinski definition) is 3. The molecule has 0 spiro atoms. The quantitative estimate of drug-likeness (QED) is 0.450. The van der Waals surface area contributed by atoms with Crippen LogP contribution < -0.4 is 16.2 Å². The van der Waals surface area contributed by atoms with E-state index in [1.807, 2.05) is 30.5 Å². The molecule has 1 aliphatic heterocycles. The zero-order valence-corrected chi connectivity index (χ0v) is 19.9. The van der Waals surface area contributed by atoms with Crippen molar-refractivity contribution >= 4 is 52.2 Å². The maximum Gasteiger partial charge on any atom is 0.251 e. The van der Waals surface area contributed by atoms with Crippen molar-refractivity contribution in [2.45, 2.75) is 27.3 Å². The number of rotatable bonds is 4. The molecule has 2 aromatic carbocycles. The third kappa shape index (κ3) is 3.81. The van der Waals surface area contributed by atoms with Crippen LogP contribution >= 0.6 is 24.0 Å². The van der Waals surface area contributed by atoms with E-state index < -0.39 is 0 Å². The van der Waals surface area contributed by atoms with Crippen LogP contribution in [-0.4, -0.2) is 22.5 Å². The van der Waals surface area contributed by atoms with E-state index in [0.29, 0.717) is 5.56 Å². The second-order valence-corrected chi connectivity index (χ2v) is 7.17. The van der Waals surface area contributed by atoms with E-state index in [4.69, 9.17) is 4.98 Å². The first-order valence-electron chi connectivity index (χ1n) is 9.76. The number of hydrogen-bond acceptors (Lipinski definition) is 4. The molecule has 3 aromatic rings. The predicted octanol–water partition coefficient (Wildman–Crippen LogP) is 4.39. The van der Waals surface area contributed by atoms with Gasteiger partial charge < -0.3 is 20.7 Å². The van der Waals surface area contributed by atoms with Crippen LogP contribution in [0.5, 0.6) is 0 Å². The molecule has 0 aliphatic carbocycles. The summed E-state index contributed by atoms with van der Waals surface area (Å²) in [5, 5.41) is 2.67. The number of allylic oxidation sites excluding steroid dienone is 2. The first-order chi connectivity index (χ1) is 14.0. The average Bonchev–Trinajstić information content (AvgIpc) is 3.10. The molecule has 1 amide bonds. The summed E-state index contributed by atoms with van der Waals surface area (Å²) in [6.45, 7) is 7.09. The van der Waals surface area contributed by atoms with Gasteiger partial charge in [-0.2, -0.15) is 0 Å². The van der Waals surface area contributed by atoms with Crippen molar-refractivity contribution in [1.82, 2.24) is 25.7 Å². The lowest BCUT2D eigenvalue weighted by molar-refractivity contribution is 0.0963. The third-order valence-corrected chi connectivity index (χ3v) is 5.25. The van der Waals surface area contributed by atoms with E-state index in [2.05, 4.69) is 59.7 Å². The van der Waals surface area contributed by atoms with E-state index >= 15 is 0 Å². The van der Waals surface area contributed by atoms with E-state index in [-0.39, 0.29) is 31.3 Å². The Bertz CT molecular complexity index is 1180. The minimum Gasteiger partial charge on any atom is -0.355 e. The fourth-order valence-corrected chi connectivity index (χ4v) is 3.82. The fourth-order valence-electron chi connectivity index (χ4n) is 3.82. The summed E-state index contributed by atoms with van der Waals surface area (Å²) >= 11 is 0. The van der Waals surface area contributed by atoms with Crippen LogP contribution in [0.4, 0.5) is 0 Å². The van der Waals surface area contributed by atoms with Crippen LogP contribution in [0.2, 0.25) is 0 Å². The second-order valence-electron chi connectivity index (χ2n) is 7.17. The highest BCUT2D eigenvalue weighted by Gasteiger charge is 2.20. The van der Waals surface area contributed by atoms with Crippen LogP contribution in [-0.2, 0) is 6.54 Å². The minimum absolute atomic E-state index is 0. The summed E-state index contributed by atoms with van der Waals surface area (Å²) in [5.74, 6) is 0.759. The topological polar surface area (TPSA) is 71.0 Å². The largest absolute Gasteiger partial charge is 0.355 e. The number of nitrogens with zero attached hydrogens (tertiary/aromatic N) is 2. The smallest absolute Gasteiger partial charge is 0.251 e. The van der Waals surface area contributed by atoms with Gasteiger partial charge in [-0.15, -0.1) is 24.0 Å². The summed E-state index contributed by atoms with van der Waals surface area (Å²) in [6, 6.07) is 12.1. The van der Waals surface area contributed by atoms with Gasteiger partial charge in [0, 0.05) is 37.9 Å². The Labute approximate surface area is 194 Å². The monoisotopic (exact) mass is 517 g/mol. The van der Waals surface area contributed by atoms with Gasteiger partial charge in [0.1, 0.15) is 5.82 Å². The number of fused-ring (bicyclic) bond motifs is 1. The lowest BCUT2D eigenvalue weighted by Gasteiger charge is -2.21.